The number of benzene rings is 2. The van der Waals surface area contributed by atoms with E-state index in [9.17, 15) is 4.79 Å². The van der Waals surface area contributed by atoms with Crippen LogP contribution in [0.5, 0.6) is 17.2 Å². The van der Waals surface area contributed by atoms with Gasteiger partial charge < -0.3 is 19.5 Å². The fraction of sp³-hybridized carbons (Fsp3) is 0.167. The van der Waals surface area contributed by atoms with Gasteiger partial charge in [0.2, 0.25) is 5.91 Å². The number of carbonyl (C=O) groups excluding carboxylic acids is 1. The Morgan fingerprint density at radius 3 is 2.29 bits per heavy atom. The van der Waals surface area contributed by atoms with E-state index < -0.39 is 0 Å². The third kappa shape index (κ3) is 4.43. The molecule has 0 fully saturated rings. The van der Waals surface area contributed by atoms with Gasteiger partial charge in [-0.15, -0.1) is 0 Å². The summed E-state index contributed by atoms with van der Waals surface area (Å²) in [7, 11) is 4.64. The van der Waals surface area contributed by atoms with Crippen molar-refractivity contribution in [2.75, 3.05) is 26.6 Å². The minimum atomic E-state index is -0.283. The van der Waals surface area contributed by atoms with Crippen LogP contribution in [0.1, 0.15) is 5.56 Å². The van der Waals surface area contributed by atoms with Crippen molar-refractivity contribution in [3.8, 4) is 17.2 Å². The van der Waals surface area contributed by atoms with Crippen molar-refractivity contribution in [1.29, 1.82) is 0 Å². The summed E-state index contributed by atoms with van der Waals surface area (Å²) in [6.07, 6.45) is 3.05. The van der Waals surface area contributed by atoms with Gasteiger partial charge in [-0.25, -0.2) is 0 Å². The predicted octanol–water partition coefficient (Wildman–Crippen LogP) is 4.02. The summed E-state index contributed by atoms with van der Waals surface area (Å²) >= 11 is 5.89. The molecule has 0 heterocycles. The molecule has 2 aromatic rings. The van der Waals surface area contributed by atoms with E-state index in [-0.39, 0.29) is 5.91 Å². The molecular weight excluding hydrogens is 330 g/mol. The van der Waals surface area contributed by atoms with Crippen LogP contribution in [0.4, 0.5) is 5.69 Å². The van der Waals surface area contributed by atoms with Gasteiger partial charge in [0, 0.05) is 28.4 Å². The molecule has 5 nitrogen and oxygen atoms in total. The second-order valence-corrected chi connectivity index (χ2v) is 5.22. The molecule has 0 saturated carbocycles. The number of hydrogen-bond acceptors (Lipinski definition) is 4. The highest BCUT2D eigenvalue weighted by Gasteiger charge is 2.10. The Balaban J connectivity index is 2.19. The number of nitrogens with one attached hydrogen (secondary N) is 1. The molecule has 0 unspecified atom stereocenters. The van der Waals surface area contributed by atoms with Gasteiger partial charge in [0.25, 0.3) is 0 Å². The van der Waals surface area contributed by atoms with E-state index in [4.69, 9.17) is 25.8 Å². The van der Waals surface area contributed by atoms with Crippen molar-refractivity contribution in [1.82, 2.24) is 0 Å². The number of methoxy groups -OCH3 is 3. The highest BCUT2D eigenvalue weighted by molar-refractivity contribution is 6.30. The molecule has 0 bridgehead atoms. The lowest BCUT2D eigenvalue weighted by Crippen LogP contribution is -2.07. The first kappa shape index (κ1) is 17.7. The zero-order valence-corrected chi connectivity index (χ0v) is 14.4. The Hall–Kier alpha value is -2.66. The van der Waals surface area contributed by atoms with Gasteiger partial charge in [0.05, 0.1) is 21.3 Å². The summed E-state index contributed by atoms with van der Waals surface area (Å²) in [6, 6.07) is 10.4. The molecule has 0 saturated heterocycles. The third-order valence-electron chi connectivity index (χ3n) is 3.24. The van der Waals surface area contributed by atoms with E-state index in [2.05, 4.69) is 5.32 Å². The number of hydrogen-bond donors (Lipinski definition) is 1. The maximum atomic E-state index is 12.0. The van der Waals surface area contributed by atoms with Crippen LogP contribution in [-0.4, -0.2) is 27.2 Å². The van der Waals surface area contributed by atoms with Crippen LogP contribution in [0.2, 0.25) is 5.02 Å². The van der Waals surface area contributed by atoms with E-state index in [1.54, 1.807) is 63.8 Å². The van der Waals surface area contributed by atoms with Crippen LogP contribution < -0.4 is 19.5 Å². The number of ether oxygens (including phenoxy) is 3. The molecule has 0 spiro atoms. The fourth-order valence-corrected chi connectivity index (χ4v) is 2.29. The Kier molecular flexibility index (Phi) is 6.09. The van der Waals surface area contributed by atoms with E-state index in [0.717, 1.165) is 0 Å². The molecule has 126 valence electrons. The van der Waals surface area contributed by atoms with Crippen LogP contribution in [0.15, 0.2) is 42.5 Å². The van der Waals surface area contributed by atoms with Gasteiger partial charge in [-0.3, -0.25) is 4.79 Å². The summed E-state index contributed by atoms with van der Waals surface area (Å²) in [5, 5.41) is 3.29. The summed E-state index contributed by atoms with van der Waals surface area (Å²) in [5.74, 6) is 1.39. The first-order valence-electron chi connectivity index (χ1n) is 7.12. The molecule has 6 heteroatoms. The Labute approximate surface area is 145 Å². The molecule has 2 rings (SSSR count). The zero-order valence-electron chi connectivity index (χ0n) is 13.6. The third-order valence-corrected chi connectivity index (χ3v) is 3.48. The van der Waals surface area contributed by atoms with Gasteiger partial charge in [-0.2, -0.15) is 0 Å². The van der Waals surface area contributed by atoms with Gasteiger partial charge in [-0.05, 0) is 30.3 Å². The minimum Gasteiger partial charge on any atom is -0.496 e. The largest absolute Gasteiger partial charge is 0.496 e. The second kappa shape index (κ2) is 8.26. The fourth-order valence-electron chi connectivity index (χ4n) is 2.10. The van der Waals surface area contributed by atoms with Crippen LogP contribution in [-0.2, 0) is 4.79 Å². The number of rotatable bonds is 6. The zero-order chi connectivity index (χ0) is 17.5. The molecule has 2 aromatic carbocycles. The van der Waals surface area contributed by atoms with Gasteiger partial charge in [0.15, 0.2) is 11.5 Å². The standard InChI is InChI=1S/C18H18ClNO4/c1-22-15-11-17(24-3)16(23-2)9-12(15)7-8-18(21)20-14-6-4-5-13(19)10-14/h4-11H,1-3H3,(H,20,21)/b8-7+. The summed E-state index contributed by atoms with van der Waals surface area (Å²) in [6.45, 7) is 0. The van der Waals surface area contributed by atoms with Crippen LogP contribution >= 0.6 is 11.6 Å². The van der Waals surface area contributed by atoms with Crippen molar-refractivity contribution in [3.05, 3.63) is 53.1 Å². The monoisotopic (exact) mass is 347 g/mol. The number of halogens is 1. The van der Waals surface area contributed by atoms with Gasteiger partial charge in [-0.1, -0.05) is 17.7 Å². The van der Waals surface area contributed by atoms with E-state index >= 15 is 0 Å². The maximum Gasteiger partial charge on any atom is 0.248 e. The lowest BCUT2D eigenvalue weighted by atomic mass is 10.1. The Morgan fingerprint density at radius 2 is 1.67 bits per heavy atom. The second-order valence-electron chi connectivity index (χ2n) is 4.78. The normalized spacial score (nSPS) is 10.5. The van der Waals surface area contributed by atoms with E-state index in [1.807, 2.05) is 0 Å². The van der Waals surface area contributed by atoms with Crippen molar-refractivity contribution in [3.63, 3.8) is 0 Å². The molecule has 1 amide bonds. The molecule has 0 aliphatic rings. The SMILES string of the molecule is COc1cc(OC)c(OC)cc1/C=C/C(=O)Nc1cccc(Cl)c1. The van der Waals surface area contributed by atoms with Crippen LogP contribution in [0.3, 0.4) is 0 Å². The lowest BCUT2D eigenvalue weighted by Gasteiger charge is -2.12. The summed E-state index contributed by atoms with van der Waals surface area (Å²) in [5.41, 5.74) is 1.31. The smallest absolute Gasteiger partial charge is 0.248 e. The Morgan fingerprint density at radius 1 is 1.00 bits per heavy atom. The van der Waals surface area contributed by atoms with Gasteiger partial charge in [0.1, 0.15) is 5.75 Å². The van der Waals surface area contributed by atoms with Crippen molar-refractivity contribution in [2.45, 2.75) is 0 Å². The highest BCUT2D eigenvalue weighted by Crippen LogP contribution is 2.35. The number of carbonyl (C=O) groups is 1. The molecule has 0 aromatic heterocycles. The van der Waals surface area contributed by atoms with Crippen molar-refractivity contribution >= 4 is 29.3 Å². The predicted molar refractivity (Wildman–Crippen MR) is 95.2 cm³/mol. The highest BCUT2D eigenvalue weighted by atomic mass is 35.5. The summed E-state index contributed by atoms with van der Waals surface area (Å²) in [4.78, 5) is 12.0. The molecule has 0 radical (unpaired) electrons. The average Bonchev–Trinajstić information content (AvgIpc) is 2.59. The van der Waals surface area contributed by atoms with Crippen LogP contribution in [0.25, 0.3) is 6.08 Å². The average molecular weight is 348 g/mol. The summed E-state index contributed by atoms with van der Waals surface area (Å²) < 4.78 is 15.8. The quantitative estimate of drug-likeness (QED) is 0.802. The van der Waals surface area contributed by atoms with Crippen molar-refractivity contribution in [2.24, 2.45) is 0 Å². The first-order chi connectivity index (χ1) is 11.6. The first-order valence-corrected chi connectivity index (χ1v) is 7.49. The molecule has 0 aliphatic heterocycles. The minimum absolute atomic E-state index is 0.283. The van der Waals surface area contributed by atoms with Crippen LogP contribution in [0, 0.1) is 0 Å². The van der Waals surface area contributed by atoms with Crippen molar-refractivity contribution < 1.29 is 19.0 Å². The lowest BCUT2D eigenvalue weighted by molar-refractivity contribution is -0.111. The molecule has 0 aliphatic carbocycles. The molecular formula is C18H18ClNO4. The number of anilines is 1. The molecule has 24 heavy (non-hydrogen) atoms. The topological polar surface area (TPSA) is 56.8 Å². The Bertz CT molecular complexity index is 759. The number of amides is 1. The molecule has 0 atom stereocenters. The van der Waals surface area contributed by atoms with E-state index in [0.29, 0.717) is 33.5 Å². The van der Waals surface area contributed by atoms with Gasteiger partial charge >= 0.3 is 0 Å². The maximum absolute atomic E-state index is 12.0. The molecule has 1 N–H and O–H groups in total. The van der Waals surface area contributed by atoms with E-state index in [1.165, 1.54) is 6.08 Å².